The molecule has 11 nitrogen and oxygen atoms in total. The highest BCUT2D eigenvalue weighted by atomic mass is 19.1. The van der Waals surface area contributed by atoms with Crippen LogP contribution in [0.3, 0.4) is 0 Å². The SMILES string of the molecule is N#Cc1nccc(NC2CCN(Cc3ccc(-n4c(-c5cccnc5N)nc5cc(CF)c(C#N)nc54)cc3)CC2)n1. The third kappa shape index (κ3) is 5.31. The fraction of sp³-hybridized carbons (Fsp3) is 0.233. The summed E-state index contributed by atoms with van der Waals surface area (Å²) in [5.74, 6) is 1.65. The van der Waals surface area contributed by atoms with Crippen molar-refractivity contribution in [3.8, 4) is 29.2 Å². The first-order valence-electron chi connectivity index (χ1n) is 13.5. The molecule has 1 aliphatic heterocycles. The average molecular weight is 560 g/mol. The van der Waals surface area contributed by atoms with Gasteiger partial charge >= 0.3 is 0 Å². The minimum Gasteiger partial charge on any atom is -0.383 e. The second-order valence-corrected chi connectivity index (χ2v) is 10.0. The molecule has 0 aliphatic carbocycles. The number of anilines is 2. The number of piperidine rings is 1. The maximum Gasteiger partial charge on any atom is 0.234 e. The Bertz CT molecular complexity index is 1830. The number of benzene rings is 1. The number of nitrogens with one attached hydrogen (secondary N) is 1. The number of nitrogen functional groups attached to an aromatic ring is 1. The first-order chi connectivity index (χ1) is 20.6. The van der Waals surface area contributed by atoms with E-state index in [2.05, 4.69) is 42.3 Å². The van der Waals surface area contributed by atoms with E-state index in [1.807, 2.05) is 34.9 Å². The molecule has 4 aromatic heterocycles. The quantitative estimate of drug-likeness (QED) is 0.297. The predicted octanol–water partition coefficient (Wildman–Crippen LogP) is 4.14. The molecule has 5 heterocycles. The number of aromatic nitrogens is 6. The number of fused-ring (bicyclic) bond motifs is 1. The molecule has 42 heavy (non-hydrogen) atoms. The molecule has 5 aromatic rings. The van der Waals surface area contributed by atoms with Gasteiger partial charge in [-0.25, -0.2) is 29.3 Å². The van der Waals surface area contributed by atoms with Crippen molar-refractivity contribution in [3.63, 3.8) is 0 Å². The monoisotopic (exact) mass is 559 g/mol. The Hall–Kier alpha value is -5.46. The van der Waals surface area contributed by atoms with Gasteiger partial charge in [-0.2, -0.15) is 10.5 Å². The van der Waals surface area contributed by atoms with Crippen molar-refractivity contribution in [3.05, 3.63) is 83.6 Å². The Labute approximate surface area is 241 Å². The molecule has 0 radical (unpaired) electrons. The Morgan fingerprint density at radius 2 is 1.79 bits per heavy atom. The van der Waals surface area contributed by atoms with Crippen LogP contribution < -0.4 is 11.1 Å². The van der Waals surface area contributed by atoms with Gasteiger partial charge < -0.3 is 11.1 Å². The van der Waals surface area contributed by atoms with Crippen molar-refractivity contribution in [1.29, 1.82) is 10.5 Å². The third-order valence-corrected chi connectivity index (χ3v) is 7.34. The fourth-order valence-electron chi connectivity index (χ4n) is 5.22. The van der Waals surface area contributed by atoms with Gasteiger partial charge in [0.05, 0.1) is 5.56 Å². The van der Waals surface area contributed by atoms with Gasteiger partial charge in [-0.15, -0.1) is 0 Å². The molecule has 0 bridgehead atoms. The van der Waals surface area contributed by atoms with Crippen LogP contribution >= 0.6 is 0 Å². The average Bonchev–Trinajstić information content (AvgIpc) is 3.40. The van der Waals surface area contributed by atoms with Crippen LogP contribution in [-0.2, 0) is 13.2 Å². The van der Waals surface area contributed by atoms with Crippen LogP contribution in [-0.4, -0.2) is 53.5 Å². The van der Waals surface area contributed by atoms with E-state index in [1.54, 1.807) is 30.6 Å². The largest absolute Gasteiger partial charge is 0.383 e. The van der Waals surface area contributed by atoms with Crippen molar-refractivity contribution < 1.29 is 4.39 Å². The summed E-state index contributed by atoms with van der Waals surface area (Å²) in [7, 11) is 0. The second-order valence-electron chi connectivity index (χ2n) is 10.0. The summed E-state index contributed by atoms with van der Waals surface area (Å²) >= 11 is 0. The van der Waals surface area contributed by atoms with Gasteiger partial charge in [-0.05, 0) is 54.8 Å². The number of alkyl halides is 1. The zero-order valence-electron chi connectivity index (χ0n) is 22.6. The van der Waals surface area contributed by atoms with Gasteiger partial charge in [0, 0.05) is 49.3 Å². The van der Waals surface area contributed by atoms with Gasteiger partial charge in [-0.1, -0.05) is 12.1 Å². The number of likely N-dealkylation sites (tertiary alicyclic amines) is 1. The predicted molar refractivity (Wildman–Crippen MR) is 155 cm³/mol. The highest BCUT2D eigenvalue weighted by Crippen LogP contribution is 2.31. The first kappa shape index (κ1) is 26.7. The summed E-state index contributed by atoms with van der Waals surface area (Å²) in [6.07, 6.45) is 5.10. The number of nitrogens with zero attached hydrogens (tertiary/aromatic N) is 9. The van der Waals surface area contributed by atoms with Gasteiger partial charge in [-0.3, -0.25) is 9.47 Å². The first-order valence-corrected chi connectivity index (χ1v) is 13.5. The van der Waals surface area contributed by atoms with Crippen LogP contribution in [0.1, 0.15) is 35.5 Å². The molecule has 0 atom stereocenters. The minimum atomic E-state index is -0.812. The van der Waals surface area contributed by atoms with E-state index >= 15 is 0 Å². The van der Waals surface area contributed by atoms with Gasteiger partial charge in [0.2, 0.25) is 5.82 Å². The van der Waals surface area contributed by atoms with Crippen molar-refractivity contribution in [1.82, 2.24) is 34.4 Å². The van der Waals surface area contributed by atoms with Crippen LogP contribution in [0.15, 0.2) is 60.9 Å². The van der Waals surface area contributed by atoms with E-state index in [-0.39, 0.29) is 23.1 Å². The zero-order valence-corrected chi connectivity index (χ0v) is 22.6. The lowest BCUT2D eigenvalue weighted by Gasteiger charge is -2.32. The fourth-order valence-corrected chi connectivity index (χ4v) is 5.22. The smallest absolute Gasteiger partial charge is 0.234 e. The van der Waals surface area contributed by atoms with E-state index in [1.165, 1.54) is 0 Å². The summed E-state index contributed by atoms with van der Waals surface area (Å²) in [5, 5.41) is 22.0. The summed E-state index contributed by atoms with van der Waals surface area (Å²) in [5.41, 5.74) is 9.87. The number of imidazole rings is 1. The molecule has 12 heteroatoms. The lowest BCUT2D eigenvalue weighted by Crippen LogP contribution is -2.38. The van der Waals surface area contributed by atoms with Crippen molar-refractivity contribution >= 4 is 22.8 Å². The maximum atomic E-state index is 13.6. The van der Waals surface area contributed by atoms with Gasteiger partial charge in [0.25, 0.3) is 0 Å². The normalized spacial score (nSPS) is 14.0. The topological polar surface area (TPSA) is 158 Å². The molecule has 1 fully saturated rings. The molecule has 6 rings (SSSR count). The summed E-state index contributed by atoms with van der Waals surface area (Å²) in [4.78, 5) is 24.0. The van der Waals surface area contributed by atoms with Crippen LogP contribution in [0.25, 0.3) is 28.2 Å². The van der Waals surface area contributed by atoms with E-state index in [0.717, 1.165) is 43.7 Å². The Morgan fingerprint density at radius 3 is 2.50 bits per heavy atom. The molecule has 1 saturated heterocycles. The number of rotatable bonds is 7. The van der Waals surface area contributed by atoms with Crippen molar-refractivity contribution in [2.24, 2.45) is 0 Å². The summed E-state index contributed by atoms with van der Waals surface area (Å²) < 4.78 is 15.5. The molecule has 0 spiro atoms. The molecule has 0 saturated carbocycles. The molecule has 208 valence electrons. The number of pyridine rings is 2. The maximum absolute atomic E-state index is 13.6. The zero-order chi connectivity index (χ0) is 29.1. The van der Waals surface area contributed by atoms with Gasteiger partial charge in [0.15, 0.2) is 11.5 Å². The molecular weight excluding hydrogens is 533 g/mol. The molecular formula is C30H26FN11. The molecule has 0 amide bonds. The second kappa shape index (κ2) is 11.6. The van der Waals surface area contributed by atoms with Crippen LogP contribution in [0, 0.1) is 22.7 Å². The van der Waals surface area contributed by atoms with Crippen LogP contribution in [0.4, 0.5) is 16.0 Å². The molecule has 3 N–H and O–H groups in total. The highest BCUT2D eigenvalue weighted by molar-refractivity contribution is 5.83. The number of nitrogens with two attached hydrogens (primary N) is 1. The van der Waals surface area contributed by atoms with E-state index in [4.69, 9.17) is 16.0 Å². The molecule has 0 unspecified atom stereocenters. The van der Waals surface area contributed by atoms with E-state index in [0.29, 0.717) is 34.2 Å². The Kier molecular flexibility index (Phi) is 7.37. The number of hydrogen-bond acceptors (Lipinski definition) is 10. The molecule has 1 aromatic carbocycles. The highest BCUT2D eigenvalue weighted by Gasteiger charge is 2.22. The third-order valence-electron chi connectivity index (χ3n) is 7.34. The van der Waals surface area contributed by atoms with Crippen LogP contribution in [0.5, 0.6) is 0 Å². The number of halogens is 1. The van der Waals surface area contributed by atoms with E-state index < -0.39 is 6.67 Å². The lowest BCUT2D eigenvalue weighted by molar-refractivity contribution is 0.211. The van der Waals surface area contributed by atoms with E-state index in [9.17, 15) is 9.65 Å². The lowest BCUT2D eigenvalue weighted by atomic mass is 10.0. The van der Waals surface area contributed by atoms with Crippen LogP contribution in [0.2, 0.25) is 0 Å². The van der Waals surface area contributed by atoms with Crippen molar-refractivity contribution in [2.45, 2.75) is 32.1 Å². The molecule has 1 aliphatic rings. The minimum absolute atomic E-state index is 0.0246. The van der Waals surface area contributed by atoms with Crippen molar-refractivity contribution in [2.75, 3.05) is 24.1 Å². The van der Waals surface area contributed by atoms with Gasteiger partial charge in [0.1, 0.15) is 41.7 Å². The standard InChI is InChI=1S/C30H26FN11/c31-15-20-14-24-30(39-25(20)16-32)42(29(38-24)23-2-1-10-36-28(23)34)22-5-3-19(4-6-22)18-41-12-8-21(9-13-41)37-26-7-11-35-27(17-33)40-26/h1-7,10-11,14,21H,8-9,12-13,15,18H2,(H2,34,36)(H,35,37,40). The number of nitriles is 2. The summed E-state index contributed by atoms with van der Waals surface area (Å²) in [6, 6.07) is 19.3. The Balaban J connectivity index is 1.22. The Morgan fingerprint density at radius 1 is 0.976 bits per heavy atom. The number of hydrogen-bond donors (Lipinski definition) is 2. The summed E-state index contributed by atoms with van der Waals surface area (Å²) in [6.45, 7) is 1.82.